The SMILES string of the molecule is CC(C)c1ccc(COc2nc(SC(=O)N(C)C)ns2)cc1. The molecule has 118 valence electrons. The van der Waals surface area contributed by atoms with Crippen LogP contribution in [0.4, 0.5) is 4.79 Å². The number of carbonyl (C=O) groups excluding carboxylic acids is 1. The summed E-state index contributed by atoms with van der Waals surface area (Å²) in [7, 11) is 3.39. The fourth-order valence-corrected chi connectivity index (χ4v) is 2.83. The molecule has 0 spiro atoms. The number of carbonyl (C=O) groups is 1. The third-order valence-electron chi connectivity index (χ3n) is 2.94. The zero-order valence-electron chi connectivity index (χ0n) is 13.1. The summed E-state index contributed by atoms with van der Waals surface area (Å²) >= 11 is 2.15. The molecule has 0 saturated carbocycles. The molecule has 0 aliphatic heterocycles. The van der Waals surface area contributed by atoms with Crippen molar-refractivity contribution in [3.63, 3.8) is 0 Å². The van der Waals surface area contributed by atoms with Crippen molar-refractivity contribution in [3.8, 4) is 5.19 Å². The Kier molecular flexibility index (Phi) is 5.79. The Bertz CT molecular complexity index is 624. The van der Waals surface area contributed by atoms with Crippen LogP contribution in [-0.2, 0) is 6.61 Å². The van der Waals surface area contributed by atoms with Crippen molar-refractivity contribution in [2.75, 3.05) is 14.1 Å². The van der Waals surface area contributed by atoms with E-state index in [4.69, 9.17) is 4.74 Å². The zero-order chi connectivity index (χ0) is 16.1. The first-order valence-electron chi connectivity index (χ1n) is 6.90. The van der Waals surface area contributed by atoms with Gasteiger partial charge in [0.25, 0.3) is 10.4 Å². The molecule has 0 aliphatic rings. The molecule has 0 N–H and O–H groups in total. The number of hydrogen-bond donors (Lipinski definition) is 0. The number of aromatic nitrogens is 2. The Balaban J connectivity index is 1.89. The number of hydrogen-bond acceptors (Lipinski definition) is 6. The summed E-state index contributed by atoms with van der Waals surface area (Å²) < 4.78 is 9.73. The van der Waals surface area contributed by atoms with Crippen LogP contribution in [0, 0.1) is 0 Å². The predicted octanol–water partition coefficient (Wildman–Crippen LogP) is 4.01. The second-order valence-electron chi connectivity index (χ2n) is 5.29. The van der Waals surface area contributed by atoms with E-state index >= 15 is 0 Å². The zero-order valence-corrected chi connectivity index (χ0v) is 14.7. The second-order valence-corrected chi connectivity index (χ2v) is 6.92. The first-order chi connectivity index (χ1) is 10.5. The van der Waals surface area contributed by atoms with Gasteiger partial charge in [-0.1, -0.05) is 38.1 Å². The van der Waals surface area contributed by atoms with Crippen LogP contribution in [0.3, 0.4) is 0 Å². The fraction of sp³-hybridized carbons (Fsp3) is 0.400. The maximum Gasteiger partial charge on any atom is 0.294 e. The molecule has 22 heavy (non-hydrogen) atoms. The van der Waals surface area contributed by atoms with Gasteiger partial charge in [-0.15, -0.1) is 0 Å². The maximum absolute atomic E-state index is 11.6. The lowest BCUT2D eigenvalue weighted by atomic mass is 10.0. The fourth-order valence-electron chi connectivity index (χ4n) is 1.61. The first-order valence-corrected chi connectivity index (χ1v) is 8.49. The molecular weight excluding hydrogens is 318 g/mol. The minimum atomic E-state index is -0.103. The molecule has 1 aromatic heterocycles. The average Bonchev–Trinajstić information content (AvgIpc) is 2.93. The quantitative estimate of drug-likeness (QED) is 0.772. The number of rotatable bonds is 5. The highest BCUT2D eigenvalue weighted by atomic mass is 32.2. The Labute approximate surface area is 138 Å². The molecule has 1 aromatic carbocycles. The highest BCUT2D eigenvalue weighted by molar-refractivity contribution is 8.13. The maximum atomic E-state index is 11.6. The van der Waals surface area contributed by atoms with Gasteiger partial charge in [-0.25, -0.2) is 0 Å². The molecule has 0 saturated heterocycles. The summed E-state index contributed by atoms with van der Waals surface area (Å²) in [5.41, 5.74) is 2.39. The smallest absolute Gasteiger partial charge is 0.294 e. The van der Waals surface area contributed by atoms with Crippen molar-refractivity contribution in [2.24, 2.45) is 0 Å². The van der Waals surface area contributed by atoms with Gasteiger partial charge in [-0.05, 0) is 17.0 Å². The third kappa shape index (κ3) is 4.71. The van der Waals surface area contributed by atoms with Gasteiger partial charge in [0, 0.05) is 37.4 Å². The molecule has 0 bridgehead atoms. The number of nitrogens with zero attached hydrogens (tertiary/aromatic N) is 3. The average molecular weight is 337 g/mol. The number of benzene rings is 1. The van der Waals surface area contributed by atoms with Crippen molar-refractivity contribution >= 4 is 28.5 Å². The Morgan fingerprint density at radius 3 is 2.59 bits per heavy atom. The van der Waals surface area contributed by atoms with Crippen LogP contribution in [0.25, 0.3) is 0 Å². The molecule has 0 radical (unpaired) electrons. The van der Waals surface area contributed by atoms with E-state index in [0.29, 0.717) is 22.9 Å². The molecule has 1 amide bonds. The highest BCUT2D eigenvalue weighted by Gasteiger charge is 2.12. The molecular formula is C15H19N3O2S2. The number of ether oxygens (including phenoxy) is 1. The monoisotopic (exact) mass is 337 g/mol. The Morgan fingerprint density at radius 2 is 2.00 bits per heavy atom. The van der Waals surface area contributed by atoms with Crippen molar-refractivity contribution in [1.82, 2.24) is 14.3 Å². The van der Waals surface area contributed by atoms with E-state index in [1.54, 1.807) is 14.1 Å². The minimum absolute atomic E-state index is 0.103. The van der Waals surface area contributed by atoms with Gasteiger partial charge in [0.1, 0.15) is 6.61 Å². The standard InChI is InChI=1S/C15H19N3O2S2/c1-10(2)12-7-5-11(6-8-12)9-20-14-16-13(17-22-14)21-15(19)18(3)4/h5-8,10H,9H2,1-4H3. The van der Waals surface area contributed by atoms with Crippen molar-refractivity contribution in [2.45, 2.75) is 31.5 Å². The van der Waals surface area contributed by atoms with Gasteiger partial charge < -0.3 is 9.64 Å². The van der Waals surface area contributed by atoms with E-state index in [2.05, 4.69) is 47.5 Å². The highest BCUT2D eigenvalue weighted by Crippen LogP contribution is 2.24. The third-order valence-corrected chi connectivity index (χ3v) is 4.59. The summed E-state index contributed by atoms with van der Waals surface area (Å²) in [6.07, 6.45) is 0. The Morgan fingerprint density at radius 1 is 1.32 bits per heavy atom. The molecule has 2 rings (SSSR count). The lowest BCUT2D eigenvalue weighted by Crippen LogP contribution is -2.16. The lowest BCUT2D eigenvalue weighted by molar-refractivity contribution is 0.241. The van der Waals surface area contributed by atoms with Gasteiger partial charge in [0.15, 0.2) is 0 Å². The summed E-state index contributed by atoms with van der Waals surface area (Å²) in [6.45, 7) is 4.78. The van der Waals surface area contributed by atoms with Crippen LogP contribution in [0.1, 0.15) is 30.9 Å². The van der Waals surface area contributed by atoms with Crippen molar-refractivity contribution < 1.29 is 9.53 Å². The molecule has 2 aromatic rings. The minimum Gasteiger partial charge on any atom is -0.464 e. The summed E-state index contributed by atoms with van der Waals surface area (Å²) in [5, 5.41) is 0.796. The molecule has 1 heterocycles. The van der Waals surface area contributed by atoms with Gasteiger partial charge >= 0.3 is 0 Å². The number of thioether (sulfide) groups is 1. The number of amides is 1. The summed E-state index contributed by atoms with van der Waals surface area (Å²) in [4.78, 5) is 17.2. The van der Waals surface area contributed by atoms with Crippen molar-refractivity contribution in [3.05, 3.63) is 35.4 Å². The molecule has 5 nitrogen and oxygen atoms in total. The molecule has 7 heteroatoms. The van der Waals surface area contributed by atoms with Gasteiger partial charge in [0.2, 0.25) is 5.16 Å². The second kappa shape index (κ2) is 7.60. The first kappa shape index (κ1) is 16.8. The molecule has 0 atom stereocenters. The van der Waals surface area contributed by atoms with E-state index in [1.807, 2.05) is 0 Å². The molecule has 0 fully saturated rings. The van der Waals surface area contributed by atoms with Crippen molar-refractivity contribution in [1.29, 1.82) is 0 Å². The molecule has 0 aliphatic carbocycles. The normalized spacial score (nSPS) is 10.8. The molecule has 0 unspecified atom stereocenters. The van der Waals surface area contributed by atoms with Crippen LogP contribution in [0.15, 0.2) is 29.4 Å². The topological polar surface area (TPSA) is 55.3 Å². The van der Waals surface area contributed by atoms with E-state index in [0.717, 1.165) is 28.9 Å². The van der Waals surface area contributed by atoms with Crippen LogP contribution in [0.5, 0.6) is 5.19 Å². The van der Waals surface area contributed by atoms with Crippen LogP contribution in [-0.4, -0.2) is 33.6 Å². The largest absolute Gasteiger partial charge is 0.464 e. The summed E-state index contributed by atoms with van der Waals surface area (Å²) in [5.74, 6) is 0.520. The van der Waals surface area contributed by atoms with Crippen LogP contribution in [0.2, 0.25) is 0 Å². The van der Waals surface area contributed by atoms with Gasteiger partial charge in [0.05, 0.1) is 0 Å². The summed E-state index contributed by atoms with van der Waals surface area (Å²) in [6, 6.07) is 8.34. The van der Waals surface area contributed by atoms with E-state index in [9.17, 15) is 4.79 Å². The van der Waals surface area contributed by atoms with Crippen LogP contribution >= 0.6 is 23.3 Å². The Hall–Kier alpha value is -1.60. The van der Waals surface area contributed by atoms with E-state index < -0.39 is 0 Å². The lowest BCUT2D eigenvalue weighted by Gasteiger charge is -2.07. The van der Waals surface area contributed by atoms with Crippen LogP contribution < -0.4 is 4.74 Å². The van der Waals surface area contributed by atoms with Gasteiger partial charge in [-0.3, -0.25) is 4.79 Å². The predicted molar refractivity (Wildman–Crippen MR) is 89.7 cm³/mol. The van der Waals surface area contributed by atoms with Gasteiger partial charge in [-0.2, -0.15) is 9.36 Å². The van der Waals surface area contributed by atoms with E-state index in [1.165, 1.54) is 10.5 Å². The van der Waals surface area contributed by atoms with E-state index in [-0.39, 0.29) is 5.24 Å².